The van der Waals surface area contributed by atoms with E-state index in [2.05, 4.69) is 4.98 Å². The molecule has 0 bridgehead atoms. The second kappa shape index (κ2) is 5.68. The molecule has 1 heterocycles. The molecular formula is C14H22N2O3S2. The van der Waals surface area contributed by atoms with Gasteiger partial charge in [-0.3, -0.25) is 4.79 Å². The minimum absolute atomic E-state index is 0.0203. The minimum Gasteiger partial charge on any atom is -0.332 e. The van der Waals surface area contributed by atoms with Crippen molar-refractivity contribution in [1.82, 2.24) is 9.88 Å². The van der Waals surface area contributed by atoms with Crippen molar-refractivity contribution >= 4 is 27.1 Å². The normalized spacial score (nSPS) is 16.0. The summed E-state index contributed by atoms with van der Waals surface area (Å²) in [7, 11) is -3.10. The first-order chi connectivity index (χ1) is 9.59. The van der Waals surface area contributed by atoms with E-state index in [1.54, 1.807) is 10.4 Å². The fraction of sp³-hybridized carbons (Fsp3) is 0.714. The summed E-state index contributed by atoms with van der Waals surface area (Å²) in [5, 5.41) is 0. The molecule has 1 amide bonds. The standard InChI is InChI=1S/C14H22N2O3S2/c1-14(2,3)16(7-8-21(4,18)19)13(17)12-11(10-5-6-10)15-9-20-12/h9-10H,5-8H2,1-4H3. The Morgan fingerprint density at radius 2 is 2.05 bits per heavy atom. The Labute approximate surface area is 130 Å². The van der Waals surface area contributed by atoms with Crippen LogP contribution < -0.4 is 0 Å². The number of amides is 1. The van der Waals surface area contributed by atoms with Crippen molar-refractivity contribution in [1.29, 1.82) is 0 Å². The number of carbonyl (C=O) groups excluding carboxylic acids is 1. The first-order valence-electron chi connectivity index (χ1n) is 7.02. The Balaban J connectivity index is 2.23. The van der Waals surface area contributed by atoms with Crippen LogP contribution in [0.4, 0.5) is 0 Å². The summed E-state index contributed by atoms with van der Waals surface area (Å²) in [6, 6.07) is 0. The summed E-state index contributed by atoms with van der Waals surface area (Å²) < 4.78 is 22.8. The summed E-state index contributed by atoms with van der Waals surface area (Å²) in [5.41, 5.74) is 2.17. The van der Waals surface area contributed by atoms with Gasteiger partial charge in [0, 0.05) is 24.3 Å². The highest BCUT2D eigenvalue weighted by Crippen LogP contribution is 2.42. The smallest absolute Gasteiger partial charge is 0.266 e. The lowest BCUT2D eigenvalue weighted by Crippen LogP contribution is -2.47. The molecule has 1 aliphatic rings. The summed E-state index contributed by atoms with van der Waals surface area (Å²) in [4.78, 5) is 19.5. The second-order valence-electron chi connectivity index (χ2n) is 6.60. The van der Waals surface area contributed by atoms with Crippen LogP contribution in [-0.4, -0.2) is 48.3 Å². The minimum atomic E-state index is -3.10. The summed E-state index contributed by atoms with van der Waals surface area (Å²) in [5.74, 6) is 0.288. The highest BCUT2D eigenvalue weighted by Gasteiger charge is 2.35. The average Bonchev–Trinajstić information content (AvgIpc) is 3.03. The van der Waals surface area contributed by atoms with Crippen molar-refractivity contribution in [2.45, 2.75) is 45.1 Å². The van der Waals surface area contributed by atoms with Crippen LogP contribution in [0.15, 0.2) is 5.51 Å². The molecular weight excluding hydrogens is 308 g/mol. The molecule has 0 atom stereocenters. The van der Waals surface area contributed by atoms with Crippen molar-refractivity contribution in [3.8, 4) is 0 Å². The van der Waals surface area contributed by atoms with Crippen molar-refractivity contribution in [2.24, 2.45) is 0 Å². The maximum atomic E-state index is 12.8. The summed E-state index contributed by atoms with van der Waals surface area (Å²) in [6.07, 6.45) is 3.37. The van der Waals surface area contributed by atoms with Gasteiger partial charge in [0.1, 0.15) is 14.7 Å². The lowest BCUT2D eigenvalue weighted by atomic mass is 10.1. The maximum Gasteiger partial charge on any atom is 0.266 e. The topological polar surface area (TPSA) is 67.3 Å². The van der Waals surface area contributed by atoms with E-state index in [0.717, 1.165) is 18.5 Å². The van der Waals surface area contributed by atoms with Crippen molar-refractivity contribution < 1.29 is 13.2 Å². The fourth-order valence-electron chi connectivity index (χ4n) is 2.18. The lowest BCUT2D eigenvalue weighted by molar-refractivity contribution is 0.0605. The Bertz CT molecular complexity index is 625. The predicted octanol–water partition coefficient (Wildman–Crippen LogP) is 2.31. The van der Waals surface area contributed by atoms with Gasteiger partial charge in [0.25, 0.3) is 5.91 Å². The first kappa shape index (κ1) is 16.4. The molecule has 0 spiro atoms. The van der Waals surface area contributed by atoms with Crippen molar-refractivity contribution in [3.63, 3.8) is 0 Å². The quantitative estimate of drug-likeness (QED) is 0.831. The second-order valence-corrected chi connectivity index (χ2v) is 9.71. The fourth-order valence-corrected chi connectivity index (χ4v) is 3.52. The molecule has 0 saturated heterocycles. The van der Waals surface area contributed by atoms with Gasteiger partial charge in [0.15, 0.2) is 0 Å². The number of thiazole rings is 1. The Morgan fingerprint density at radius 1 is 1.43 bits per heavy atom. The number of aromatic nitrogens is 1. The van der Waals surface area contributed by atoms with Crippen LogP contribution in [0.5, 0.6) is 0 Å². The average molecular weight is 330 g/mol. The molecule has 5 nitrogen and oxygen atoms in total. The van der Waals surface area contributed by atoms with E-state index in [9.17, 15) is 13.2 Å². The van der Waals surface area contributed by atoms with Gasteiger partial charge in [-0.25, -0.2) is 13.4 Å². The molecule has 21 heavy (non-hydrogen) atoms. The van der Waals surface area contributed by atoms with Crippen LogP contribution in [0.3, 0.4) is 0 Å². The van der Waals surface area contributed by atoms with E-state index < -0.39 is 15.4 Å². The molecule has 1 aromatic heterocycles. The molecule has 1 fully saturated rings. The van der Waals surface area contributed by atoms with Crippen LogP contribution in [-0.2, 0) is 9.84 Å². The van der Waals surface area contributed by atoms with E-state index in [0.29, 0.717) is 10.8 Å². The Morgan fingerprint density at radius 3 is 2.52 bits per heavy atom. The van der Waals surface area contributed by atoms with Gasteiger partial charge < -0.3 is 4.90 Å². The van der Waals surface area contributed by atoms with Gasteiger partial charge in [-0.1, -0.05) is 0 Å². The van der Waals surface area contributed by atoms with E-state index in [4.69, 9.17) is 0 Å². The third kappa shape index (κ3) is 4.26. The van der Waals surface area contributed by atoms with Gasteiger partial charge in [-0.15, -0.1) is 11.3 Å². The highest BCUT2D eigenvalue weighted by atomic mass is 32.2. The Hall–Kier alpha value is -0.950. The zero-order valence-corrected chi connectivity index (χ0v) is 14.6. The largest absolute Gasteiger partial charge is 0.332 e. The molecule has 0 N–H and O–H groups in total. The van der Waals surface area contributed by atoms with Crippen molar-refractivity contribution in [3.05, 3.63) is 16.1 Å². The van der Waals surface area contributed by atoms with Gasteiger partial charge >= 0.3 is 0 Å². The third-order valence-electron chi connectivity index (χ3n) is 3.49. The molecule has 1 aromatic rings. The van der Waals surface area contributed by atoms with Crippen LogP contribution in [0, 0.1) is 0 Å². The SMILES string of the molecule is CC(C)(C)N(CCS(C)(=O)=O)C(=O)c1scnc1C1CC1. The molecule has 0 radical (unpaired) electrons. The molecule has 1 saturated carbocycles. The van der Waals surface area contributed by atoms with Crippen LogP contribution >= 0.6 is 11.3 Å². The predicted molar refractivity (Wildman–Crippen MR) is 84.6 cm³/mol. The van der Waals surface area contributed by atoms with E-state index in [1.807, 2.05) is 20.8 Å². The molecule has 2 rings (SSSR count). The Kier molecular flexibility index (Phi) is 4.44. The number of hydrogen-bond acceptors (Lipinski definition) is 5. The number of hydrogen-bond donors (Lipinski definition) is 0. The third-order valence-corrected chi connectivity index (χ3v) is 5.25. The molecule has 0 aliphatic heterocycles. The number of sulfone groups is 1. The van der Waals surface area contributed by atoms with Crippen LogP contribution in [0.25, 0.3) is 0 Å². The van der Waals surface area contributed by atoms with E-state index >= 15 is 0 Å². The van der Waals surface area contributed by atoms with Crippen LogP contribution in [0.1, 0.15) is 54.9 Å². The first-order valence-corrected chi connectivity index (χ1v) is 9.96. The molecule has 0 aromatic carbocycles. The number of carbonyl (C=O) groups is 1. The molecule has 7 heteroatoms. The summed E-state index contributed by atoms with van der Waals surface area (Å²) in [6.45, 7) is 5.98. The van der Waals surface area contributed by atoms with Crippen molar-refractivity contribution in [2.75, 3.05) is 18.6 Å². The van der Waals surface area contributed by atoms with Gasteiger partial charge in [-0.2, -0.15) is 0 Å². The van der Waals surface area contributed by atoms with E-state index in [-0.39, 0.29) is 18.2 Å². The monoisotopic (exact) mass is 330 g/mol. The molecule has 118 valence electrons. The maximum absolute atomic E-state index is 12.8. The molecule has 1 aliphatic carbocycles. The van der Waals surface area contributed by atoms with Gasteiger partial charge in [0.05, 0.1) is 17.0 Å². The summed E-state index contributed by atoms with van der Waals surface area (Å²) >= 11 is 1.35. The number of rotatable bonds is 5. The van der Waals surface area contributed by atoms with Crippen LogP contribution in [0.2, 0.25) is 0 Å². The highest BCUT2D eigenvalue weighted by molar-refractivity contribution is 7.90. The van der Waals surface area contributed by atoms with E-state index in [1.165, 1.54) is 17.6 Å². The zero-order chi connectivity index (χ0) is 15.8. The number of nitrogens with zero attached hydrogens (tertiary/aromatic N) is 2. The van der Waals surface area contributed by atoms with Gasteiger partial charge in [0.2, 0.25) is 0 Å². The lowest BCUT2D eigenvalue weighted by Gasteiger charge is -2.35. The molecule has 0 unspecified atom stereocenters. The van der Waals surface area contributed by atoms with Gasteiger partial charge in [-0.05, 0) is 33.6 Å². The zero-order valence-electron chi connectivity index (χ0n) is 12.9.